The van der Waals surface area contributed by atoms with Crippen molar-refractivity contribution in [2.45, 2.75) is 63.6 Å². The number of hydrogen-bond donors (Lipinski definition) is 0. The molecule has 2 aliphatic carbocycles. The third kappa shape index (κ3) is 1.41. The van der Waals surface area contributed by atoms with Crippen LogP contribution in [0.4, 0.5) is 0 Å². The molecule has 1 spiro atoms. The highest BCUT2D eigenvalue weighted by molar-refractivity contribution is 5.93. The standard InChI is InChI=1S/C20H22O5/c1-18-9-15-19(2)12(16(21)24-15)4-3-5-14(19)20(18)8-13(23-17(20)25-18)11-6-7-22-10-11/h4,6-7,10,13-15,17H,3,5,8-9H2,1-2H3/t13-,14-,15-,17-,18+,19+,20+/m1/s1. The van der Waals surface area contributed by atoms with Crippen LogP contribution in [0.1, 0.15) is 51.2 Å². The van der Waals surface area contributed by atoms with Crippen LogP contribution in [0.5, 0.6) is 0 Å². The van der Waals surface area contributed by atoms with Gasteiger partial charge in [0.2, 0.25) is 0 Å². The van der Waals surface area contributed by atoms with Gasteiger partial charge in [-0.05, 0) is 38.2 Å². The Labute approximate surface area is 146 Å². The summed E-state index contributed by atoms with van der Waals surface area (Å²) in [7, 11) is 0. The number of hydrogen-bond acceptors (Lipinski definition) is 5. The lowest BCUT2D eigenvalue weighted by Crippen LogP contribution is -2.75. The monoisotopic (exact) mass is 342 g/mol. The predicted octanol–water partition coefficient (Wildman–Crippen LogP) is 3.51. The summed E-state index contributed by atoms with van der Waals surface area (Å²) in [6.07, 6.45) is 8.95. The molecule has 0 N–H and O–H groups in total. The molecule has 4 fully saturated rings. The van der Waals surface area contributed by atoms with Crippen LogP contribution in [0, 0.1) is 16.7 Å². The largest absolute Gasteiger partial charge is 0.472 e. The summed E-state index contributed by atoms with van der Waals surface area (Å²) in [6, 6.07) is 1.98. The predicted molar refractivity (Wildman–Crippen MR) is 86.3 cm³/mol. The lowest BCUT2D eigenvalue weighted by Gasteiger charge is -2.69. The van der Waals surface area contributed by atoms with Crippen molar-refractivity contribution < 1.29 is 23.4 Å². The highest BCUT2D eigenvalue weighted by Crippen LogP contribution is 2.76. The molecule has 1 saturated carbocycles. The number of rotatable bonds is 1. The second-order valence-electron chi connectivity index (χ2n) is 8.74. The SMILES string of the molecule is C[C@]12C3=CCC[C@H]1[C@@]14C[C@H](c5ccoc5)O[C@@H]1O[C@@]4(C)C[C@H]2OC3=O. The van der Waals surface area contributed by atoms with Gasteiger partial charge in [-0.3, -0.25) is 0 Å². The Bertz CT molecular complexity index is 797. The molecule has 0 amide bonds. The minimum atomic E-state index is -0.294. The number of ether oxygens (including phenoxy) is 3. The van der Waals surface area contributed by atoms with E-state index in [1.165, 1.54) is 0 Å². The molecule has 0 bridgehead atoms. The van der Waals surface area contributed by atoms with Gasteiger partial charge in [0.1, 0.15) is 6.10 Å². The first-order valence-corrected chi connectivity index (χ1v) is 9.26. The molecule has 5 nitrogen and oxygen atoms in total. The number of esters is 1. The average Bonchev–Trinajstić information content (AvgIpc) is 3.24. The molecule has 0 unspecified atom stereocenters. The van der Waals surface area contributed by atoms with Gasteiger partial charge in [-0.15, -0.1) is 0 Å². The van der Waals surface area contributed by atoms with Crippen LogP contribution >= 0.6 is 0 Å². The quantitative estimate of drug-likeness (QED) is 0.731. The Morgan fingerprint density at radius 2 is 2.12 bits per heavy atom. The zero-order chi connectivity index (χ0) is 17.0. The van der Waals surface area contributed by atoms with Gasteiger partial charge in [-0.2, -0.15) is 0 Å². The van der Waals surface area contributed by atoms with Crippen LogP contribution in [-0.4, -0.2) is 24.0 Å². The molecule has 4 heterocycles. The second-order valence-corrected chi connectivity index (χ2v) is 8.74. The van der Waals surface area contributed by atoms with E-state index in [2.05, 4.69) is 19.9 Å². The van der Waals surface area contributed by atoms with Crippen molar-refractivity contribution in [1.29, 1.82) is 0 Å². The Balaban J connectivity index is 1.48. The molecule has 3 saturated heterocycles. The minimum Gasteiger partial charge on any atom is -0.472 e. The van der Waals surface area contributed by atoms with E-state index in [0.717, 1.165) is 36.8 Å². The van der Waals surface area contributed by atoms with E-state index in [1.54, 1.807) is 12.5 Å². The molecule has 25 heavy (non-hydrogen) atoms. The highest BCUT2D eigenvalue weighted by atomic mass is 16.7. The molecule has 132 valence electrons. The average molecular weight is 342 g/mol. The molecular formula is C20H22O5. The fourth-order valence-electron chi connectivity index (χ4n) is 6.69. The molecule has 6 rings (SSSR count). The molecule has 7 atom stereocenters. The van der Waals surface area contributed by atoms with Crippen LogP contribution in [0.15, 0.2) is 34.7 Å². The zero-order valence-electron chi connectivity index (χ0n) is 14.5. The second kappa shape index (κ2) is 4.21. The summed E-state index contributed by atoms with van der Waals surface area (Å²) in [4.78, 5) is 12.5. The van der Waals surface area contributed by atoms with E-state index in [1.807, 2.05) is 6.07 Å². The minimum absolute atomic E-state index is 0.00176. The van der Waals surface area contributed by atoms with Crippen LogP contribution in [0.2, 0.25) is 0 Å². The first kappa shape index (κ1) is 14.6. The maximum Gasteiger partial charge on any atom is 0.334 e. The van der Waals surface area contributed by atoms with Crippen LogP contribution < -0.4 is 0 Å². The molecule has 0 radical (unpaired) electrons. The summed E-state index contributed by atoms with van der Waals surface area (Å²) < 4.78 is 23.7. The van der Waals surface area contributed by atoms with Crippen molar-refractivity contribution in [3.05, 3.63) is 35.8 Å². The molecule has 1 aromatic heterocycles. The summed E-state index contributed by atoms with van der Waals surface area (Å²) in [6.45, 7) is 4.42. The Kier molecular flexibility index (Phi) is 2.45. The van der Waals surface area contributed by atoms with E-state index >= 15 is 0 Å². The summed E-state index contributed by atoms with van der Waals surface area (Å²) in [5, 5.41) is 0. The van der Waals surface area contributed by atoms with Gasteiger partial charge in [0.25, 0.3) is 0 Å². The fraction of sp³-hybridized carbons (Fsp3) is 0.650. The van der Waals surface area contributed by atoms with Crippen molar-refractivity contribution in [1.82, 2.24) is 0 Å². The highest BCUT2D eigenvalue weighted by Gasteiger charge is 2.80. The molecule has 5 heteroatoms. The van der Waals surface area contributed by atoms with Gasteiger partial charge in [0.15, 0.2) is 6.29 Å². The first-order chi connectivity index (χ1) is 12.0. The lowest BCUT2D eigenvalue weighted by molar-refractivity contribution is -0.412. The van der Waals surface area contributed by atoms with Gasteiger partial charge >= 0.3 is 5.97 Å². The van der Waals surface area contributed by atoms with Crippen molar-refractivity contribution in [3.8, 4) is 0 Å². The molecular weight excluding hydrogens is 320 g/mol. The van der Waals surface area contributed by atoms with Crippen molar-refractivity contribution in [3.63, 3.8) is 0 Å². The van der Waals surface area contributed by atoms with Gasteiger partial charge in [0, 0.05) is 23.0 Å². The summed E-state index contributed by atoms with van der Waals surface area (Å²) in [5.74, 6) is 0.214. The van der Waals surface area contributed by atoms with Gasteiger partial charge in [-0.1, -0.05) is 13.0 Å². The number of furan rings is 1. The Hall–Kier alpha value is -1.59. The fourth-order valence-corrected chi connectivity index (χ4v) is 6.69. The maximum absolute atomic E-state index is 12.5. The normalized spacial score (nSPS) is 52.6. The van der Waals surface area contributed by atoms with Crippen molar-refractivity contribution in [2.75, 3.05) is 0 Å². The summed E-state index contributed by atoms with van der Waals surface area (Å²) >= 11 is 0. The van der Waals surface area contributed by atoms with E-state index in [-0.39, 0.29) is 40.9 Å². The number of carbonyl (C=O) groups excluding carboxylic acids is 1. The number of carbonyl (C=O) groups is 1. The zero-order valence-corrected chi connectivity index (χ0v) is 14.5. The Morgan fingerprint density at radius 3 is 2.92 bits per heavy atom. The van der Waals surface area contributed by atoms with Gasteiger partial charge in [-0.25, -0.2) is 4.79 Å². The number of allylic oxidation sites excluding steroid dienone is 1. The van der Waals surface area contributed by atoms with Crippen LogP contribution in [-0.2, 0) is 19.0 Å². The van der Waals surface area contributed by atoms with E-state index < -0.39 is 0 Å². The molecule has 5 aliphatic rings. The smallest absolute Gasteiger partial charge is 0.334 e. The van der Waals surface area contributed by atoms with Crippen molar-refractivity contribution >= 4 is 5.97 Å². The molecule has 3 aliphatic heterocycles. The topological polar surface area (TPSA) is 57.9 Å². The first-order valence-electron chi connectivity index (χ1n) is 9.26. The summed E-state index contributed by atoms with van der Waals surface area (Å²) in [5.41, 5.74) is 1.40. The molecule has 0 aromatic carbocycles. The van der Waals surface area contributed by atoms with Crippen LogP contribution in [0.25, 0.3) is 0 Å². The van der Waals surface area contributed by atoms with Gasteiger partial charge < -0.3 is 18.6 Å². The van der Waals surface area contributed by atoms with Crippen LogP contribution in [0.3, 0.4) is 0 Å². The molecule has 1 aromatic rings. The third-order valence-corrected chi connectivity index (χ3v) is 7.94. The third-order valence-electron chi connectivity index (χ3n) is 7.94. The lowest BCUT2D eigenvalue weighted by atomic mass is 9.42. The van der Waals surface area contributed by atoms with E-state index in [4.69, 9.17) is 18.6 Å². The van der Waals surface area contributed by atoms with Crippen molar-refractivity contribution in [2.24, 2.45) is 16.7 Å². The van der Waals surface area contributed by atoms with Gasteiger partial charge in [0.05, 0.1) is 29.6 Å². The Morgan fingerprint density at radius 1 is 1.24 bits per heavy atom. The maximum atomic E-state index is 12.5. The van der Waals surface area contributed by atoms with E-state index in [9.17, 15) is 4.79 Å². The van der Waals surface area contributed by atoms with E-state index in [0.29, 0.717) is 5.92 Å².